The van der Waals surface area contributed by atoms with Crippen molar-refractivity contribution >= 4 is 31.9 Å². The number of rotatable bonds is 6. The van der Waals surface area contributed by atoms with E-state index in [1.807, 2.05) is 6.07 Å². The molecule has 0 spiro atoms. The SMILES string of the molecule is COCCOc1ccc(C(Br)C2CCC(C)O2)cc1Br. The molecule has 3 unspecified atom stereocenters. The molecule has 1 aromatic carbocycles. The second-order valence-corrected chi connectivity index (χ2v) is 6.84. The van der Waals surface area contributed by atoms with Crippen molar-refractivity contribution in [3.05, 3.63) is 28.2 Å². The van der Waals surface area contributed by atoms with E-state index in [0.29, 0.717) is 19.3 Å². The Morgan fingerprint density at radius 1 is 1.35 bits per heavy atom. The van der Waals surface area contributed by atoms with Gasteiger partial charge in [-0.1, -0.05) is 22.0 Å². The van der Waals surface area contributed by atoms with Crippen molar-refractivity contribution in [2.75, 3.05) is 20.3 Å². The average Bonchev–Trinajstić information content (AvgIpc) is 2.86. The van der Waals surface area contributed by atoms with E-state index >= 15 is 0 Å². The summed E-state index contributed by atoms with van der Waals surface area (Å²) in [4.78, 5) is 0.219. The van der Waals surface area contributed by atoms with Crippen LogP contribution in [0.3, 0.4) is 0 Å². The molecule has 1 fully saturated rings. The van der Waals surface area contributed by atoms with E-state index in [2.05, 4.69) is 50.9 Å². The average molecular weight is 408 g/mol. The minimum absolute atomic E-state index is 0.219. The van der Waals surface area contributed by atoms with Crippen molar-refractivity contribution in [1.82, 2.24) is 0 Å². The monoisotopic (exact) mass is 406 g/mol. The van der Waals surface area contributed by atoms with Crippen molar-refractivity contribution in [1.29, 1.82) is 0 Å². The fourth-order valence-corrected chi connectivity index (χ4v) is 3.49. The molecule has 0 aromatic heterocycles. The van der Waals surface area contributed by atoms with Crippen molar-refractivity contribution in [2.45, 2.75) is 36.8 Å². The first kappa shape index (κ1) is 16.3. The molecule has 0 amide bonds. The summed E-state index contributed by atoms with van der Waals surface area (Å²) < 4.78 is 17.5. The van der Waals surface area contributed by atoms with Crippen molar-refractivity contribution in [3.63, 3.8) is 0 Å². The van der Waals surface area contributed by atoms with Gasteiger partial charge in [-0.05, 0) is 53.4 Å². The highest BCUT2D eigenvalue weighted by Gasteiger charge is 2.29. The first-order chi connectivity index (χ1) is 9.61. The first-order valence-electron chi connectivity index (χ1n) is 6.82. The van der Waals surface area contributed by atoms with Crippen LogP contribution in [-0.2, 0) is 9.47 Å². The number of halogens is 2. The minimum Gasteiger partial charge on any atom is -0.490 e. The lowest BCUT2D eigenvalue weighted by atomic mass is 10.1. The predicted octanol–water partition coefficient (Wildman–Crippen LogP) is 4.48. The van der Waals surface area contributed by atoms with Crippen LogP contribution in [0, 0.1) is 0 Å². The lowest BCUT2D eigenvalue weighted by Gasteiger charge is -2.19. The van der Waals surface area contributed by atoms with Crippen LogP contribution in [0.15, 0.2) is 22.7 Å². The van der Waals surface area contributed by atoms with Crippen LogP contribution in [0.4, 0.5) is 0 Å². The van der Waals surface area contributed by atoms with Gasteiger partial charge in [-0.3, -0.25) is 0 Å². The second kappa shape index (κ2) is 7.78. The van der Waals surface area contributed by atoms with E-state index < -0.39 is 0 Å². The van der Waals surface area contributed by atoms with E-state index in [0.717, 1.165) is 23.1 Å². The Morgan fingerprint density at radius 3 is 2.75 bits per heavy atom. The molecule has 0 saturated carbocycles. The van der Waals surface area contributed by atoms with E-state index in [9.17, 15) is 0 Å². The van der Waals surface area contributed by atoms with Crippen LogP contribution in [0.25, 0.3) is 0 Å². The fraction of sp³-hybridized carbons (Fsp3) is 0.600. The molecular formula is C15H20Br2O3. The Balaban J connectivity index is 2.00. The maximum absolute atomic E-state index is 5.92. The molecule has 1 saturated heterocycles. The summed E-state index contributed by atoms with van der Waals surface area (Å²) in [6.07, 6.45) is 2.84. The van der Waals surface area contributed by atoms with Gasteiger partial charge >= 0.3 is 0 Å². The van der Waals surface area contributed by atoms with E-state index in [1.165, 1.54) is 5.56 Å². The minimum atomic E-state index is 0.219. The number of alkyl halides is 1. The third-order valence-electron chi connectivity index (χ3n) is 3.41. The predicted molar refractivity (Wildman–Crippen MR) is 86.8 cm³/mol. The molecule has 20 heavy (non-hydrogen) atoms. The molecule has 5 heteroatoms. The molecule has 1 aromatic rings. The molecule has 2 rings (SSSR count). The molecule has 3 nitrogen and oxygen atoms in total. The van der Waals surface area contributed by atoms with Gasteiger partial charge in [-0.15, -0.1) is 0 Å². The molecule has 0 bridgehead atoms. The summed E-state index contributed by atoms with van der Waals surface area (Å²) in [5, 5.41) is 0. The molecule has 1 aliphatic rings. The van der Waals surface area contributed by atoms with Crippen molar-refractivity contribution in [2.24, 2.45) is 0 Å². The maximum Gasteiger partial charge on any atom is 0.133 e. The number of methoxy groups -OCH3 is 1. The molecule has 0 aliphatic carbocycles. The third kappa shape index (κ3) is 4.20. The quantitative estimate of drug-likeness (QED) is 0.514. The number of benzene rings is 1. The highest BCUT2D eigenvalue weighted by Crippen LogP contribution is 2.38. The van der Waals surface area contributed by atoms with Gasteiger partial charge in [-0.25, -0.2) is 0 Å². The number of ether oxygens (including phenoxy) is 3. The molecule has 0 radical (unpaired) electrons. The van der Waals surface area contributed by atoms with Crippen LogP contribution in [-0.4, -0.2) is 32.5 Å². The molecule has 1 heterocycles. The Morgan fingerprint density at radius 2 is 2.15 bits per heavy atom. The van der Waals surface area contributed by atoms with Crippen molar-refractivity contribution < 1.29 is 14.2 Å². The zero-order valence-corrected chi connectivity index (χ0v) is 14.9. The lowest BCUT2D eigenvalue weighted by Crippen LogP contribution is -2.14. The number of hydrogen-bond donors (Lipinski definition) is 0. The maximum atomic E-state index is 5.92. The largest absolute Gasteiger partial charge is 0.490 e. The van der Waals surface area contributed by atoms with Gasteiger partial charge in [0, 0.05) is 7.11 Å². The van der Waals surface area contributed by atoms with E-state index in [-0.39, 0.29) is 10.9 Å². The summed E-state index contributed by atoms with van der Waals surface area (Å²) >= 11 is 7.32. The summed E-state index contributed by atoms with van der Waals surface area (Å²) in [6.45, 7) is 3.26. The molecule has 112 valence electrons. The Labute approximate surface area is 137 Å². The smallest absolute Gasteiger partial charge is 0.133 e. The molecule has 3 atom stereocenters. The summed E-state index contributed by atoms with van der Waals surface area (Å²) in [5.74, 6) is 0.839. The van der Waals surface area contributed by atoms with Crippen LogP contribution in [0.1, 0.15) is 30.2 Å². The van der Waals surface area contributed by atoms with Crippen molar-refractivity contribution in [3.8, 4) is 5.75 Å². The summed E-state index contributed by atoms with van der Waals surface area (Å²) in [5.41, 5.74) is 1.20. The Kier molecular flexibility index (Phi) is 6.33. The van der Waals surface area contributed by atoms with Gasteiger partial charge in [0.1, 0.15) is 12.4 Å². The summed E-state index contributed by atoms with van der Waals surface area (Å²) in [6, 6.07) is 6.16. The normalized spacial score (nSPS) is 23.8. The van der Waals surface area contributed by atoms with Crippen LogP contribution >= 0.6 is 31.9 Å². The zero-order chi connectivity index (χ0) is 14.5. The van der Waals surface area contributed by atoms with E-state index in [4.69, 9.17) is 14.2 Å². The topological polar surface area (TPSA) is 27.7 Å². The van der Waals surface area contributed by atoms with Gasteiger partial charge < -0.3 is 14.2 Å². The Bertz CT molecular complexity index is 439. The zero-order valence-electron chi connectivity index (χ0n) is 11.8. The van der Waals surface area contributed by atoms with E-state index in [1.54, 1.807) is 7.11 Å². The fourth-order valence-electron chi connectivity index (χ4n) is 2.30. The Hall–Kier alpha value is -0.100. The lowest BCUT2D eigenvalue weighted by molar-refractivity contribution is 0.0556. The van der Waals surface area contributed by atoms with Gasteiger partial charge in [-0.2, -0.15) is 0 Å². The molecule has 1 aliphatic heterocycles. The third-order valence-corrected chi connectivity index (χ3v) is 5.15. The highest BCUT2D eigenvalue weighted by atomic mass is 79.9. The van der Waals surface area contributed by atoms with Crippen LogP contribution in [0.2, 0.25) is 0 Å². The van der Waals surface area contributed by atoms with Gasteiger partial charge in [0.2, 0.25) is 0 Å². The second-order valence-electron chi connectivity index (χ2n) is 5.00. The standard InChI is InChI=1S/C15H20Br2O3/c1-10-3-5-14(20-10)15(17)11-4-6-13(12(16)9-11)19-8-7-18-2/h4,6,9-10,14-15H,3,5,7-8H2,1-2H3. The summed E-state index contributed by atoms with van der Waals surface area (Å²) in [7, 11) is 1.67. The molecular weight excluding hydrogens is 388 g/mol. The van der Waals surface area contributed by atoms with Gasteiger partial charge in [0.25, 0.3) is 0 Å². The van der Waals surface area contributed by atoms with Gasteiger partial charge in [0.05, 0.1) is 28.1 Å². The van der Waals surface area contributed by atoms with Crippen LogP contribution in [0.5, 0.6) is 5.75 Å². The highest BCUT2D eigenvalue weighted by molar-refractivity contribution is 9.10. The van der Waals surface area contributed by atoms with Gasteiger partial charge in [0.15, 0.2) is 0 Å². The molecule has 0 N–H and O–H groups in total. The van der Waals surface area contributed by atoms with Crippen LogP contribution < -0.4 is 4.74 Å². The number of hydrogen-bond acceptors (Lipinski definition) is 3. The first-order valence-corrected chi connectivity index (χ1v) is 8.53.